The third-order valence-electron chi connectivity index (χ3n) is 2.97. The van der Waals surface area contributed by atoms with Crippen molar-refractivity contribution in [3.05, 3.63) is 47.0 Å². The molecule has 0 aliphatic carbocycles. The number of aromatic nitrogens is 2. The zero-order chi connectivity index (χ0) is 14.8. The van der Waals surface area contributed by atoms with E-state index in [-0.39, 0.29) is 5.84 Å². The van der Waals surface area contributed by atoms with Gasteiger partial charge < -0.3 is 10.9 Å². The van der Waals surface area contributed by atoms with E-state index in [2.05, 4.69) is 15.4 Å². The molecule has 1 aromatic heterocycles. The van der Waals surface area contributed by atoms with Crippen molar-refractivity contribution in [3.8, 4) is 0 Å². The van der Waals surface area contributed by atoms with Crippen LogP contribution in [0, 0.1) is 6.92 Å². The molecule has 21 heavy (non-hydrogen) atoms. The summed E-state index contributed by atoms with van der Waals surface area (Å²) in [5.41, 5.74) is 6.45. The molecule has 106 valence electrons. The lowest BCUT2D eigenvalue weighted by molar-refractivity contribution is 0.318. The summed E-state index contributed by atoms with van der Waals surface area (Å²) < 4.78 is 0.897. The lowest BCUT2D eigenvalue weighted by atomic mass is 10.0. The molecule has 7 heteroatoms. The summed E-state index contributed by atoms with van der Waals surface area (Å²) in [4.78, 5) is 1.07. The van der Waals surface area contributed by atoms with Gasteiger partial charge in [0.2, 0.25) is 0 Å². The van der Waals surface area contributed by atoms with E-state index in [9.17, 15) is 0 Å². The number of benzene rings is 2. The van der Waals surface area contributed by atoms with Crippen molar-refractivity contribution >= 4 is 39.7 Å². The van der Waals surface area contributed by atoms with Crippen LogP contribution in [0.25, 0.3) is 10.8 Å². The van der Waals surface area contributed by atoms with E-state index in [1.54, 1.807) is 23.1 Å². The molecule has 0 unspecified atom stereocenters. The molecule has 0 radical (unpaired) electrons. The minimum atomic E-state index is 0.106. The standard InChI is InChI=1S/C14H12N4OS2/c1-8-16-17-14(20-8)21-12-7-6-11(13(15)18-19)9-4-2-3-5-10(9)12/h2-7,19H,1H3,(H2,15,18). The van der Waals surface area contributed by atoms with Crippen LogP contribution in [0.2, 0.25) is 0 Å². The van der Waals surface area contributed by atoms with Gasteiger partial charge in [-0.25, -0.2) is 0 Å². The summed E-state index contributed by atoms with van der Waals surface area (Å²) in [5.74, 6) is 0.106. The lowest BCUT2D eigenvalue weighted by Crippen LogP contribution is -2.13. The Morgan fingerprint density at radius 1 is 1.19 bits per heavy atom. The van der Waals surface area contributed by atoms with E-state index in [0.29, 0.717) is 5.56 Å². The van der Waals surface area contributed by atoms with Gasteiger partial charge in [-0.05, 0) is 29.8 Å². The smallest absolute Gasteiger partial charge is 0.179 e. The van der Waals surface area contributed by atoms with Gasteiger partial charge in [-0.15, -0.1) is 10.2 Å². The summed E-state index contributed by atoms with van der Waals surface area (Å²) in [6, 6.07) is 11.7. The van der Waals surface area contributed by atoms with Crippen LogP contribution in [0.1, 0.15) is 10.6 Å². The molecule has 1 heterocycles. The van der Waals surface area contributed by atoms with E-state index >= 15 is 0 Å². The highest BCUT2D eigenvalue weighted by molar-refractivity contribution is 8.01. The molecule has 0 spiro atoms. The normalized spacial score (nSPS) is 12.0. The first kappa shape index (κ1) is 13.8. The Balaban J connectivity index is 2.13. The van der Waals surface area contributed by atoms with E-state index in [0.717, 1.165) is 25.0 Å². The molecule has 0 amide bonds. The number of nitrogens with zero attached hydrogens (tertiary/aromatic N) is 3. The van der Waals surface area contributed by atoms with Gasteiger partial charge >= 0.3 is 0 Å². The Labute approximate surface area is 129 Å². The Morgan fingerprint density at radius 2 is 1.95 bits per heavy atom. The molecular weight excluding hydrogens is 304 g/mol. The Kier molecular flexibility index (Phi) is 3.76. The Bertz CT molecular complexity index is 829. The predicted octanol–water partition coefficient (Wildman–Crippen LogP) is 3.25. The number of amidine groups is 1. The molecule has 0 saturated carbocycles. The van der Waals surface area contributed by atoms with Gasteiger partial charge in [0.05, 0.1) is 0 Å². The molecule has 0 fully saturated rings. The number of oxime groups is 1. The summed E-state index contributed by atoms with van der Waals surface area (Å²) in [6.07, 6.45) is 0. The molecule has 0 atom stereocenters. The third-order valence-corrected chi connectivity index (χ3v) is 4.94. The first-order valence-electron chi connectivity index (χ1n) is 6.16. The molecule has 5 nitrogen and oxygen atoms in total. The predicted molar refractivity (Wildman–Crippen MR) is 85.2 cm³/mol. The fourth-order valence-electron chi connectivity index (χ4n) is 2.05. The van der Waals surface area contributed by atoms with Gasteiger partial charge in [-0.1, -0.05) is 52.5 Å². The van der Waals surface area contributed by atoms with Gasteiger partial charge in [0.15, 0.2) is 10.2 Å². The number of hydrogen-bond donors (Lipinski definition) is 2. The molecule has 0 aliphatic rings. The van der Waals surface area contributed by atoms with Crippen LogP contribution in [-0.4, -0.2) is 21.2 Å². The maximum atomic E-state index is 8.90. The number of rotatable bonds is 3. The summed E-state index contributed by atoms with van der Waals surface area (Å²) in [6.45, 7) is 1.93. The van der Waals surface area contributed by atoms with Crippen LogP contribution < -0.4 is 5.73 Å². The topological polar surface area (TPSA) is 84.4 Å². The molecule has 3 N–H and O–H groups in total. The second-order valence-electron chi connectivity index (χ2n) is 4.33. The number of nitrogens with two attached hydrogens (primary N) is 1. The van der Waals surface area contributed by atoms with Crippen molar-refractivity contribution in [3.63, 3.8) is 0 Å². The quantitative estimate of drug-likeness (QED) is 0.335. The van der Waals surface area contributed by atoms with Crippen molar-refractivity contribution in [2.24, 2.45) is 10.9 Å². The maximum absolute atomic E-state index is 8.90. The molecule has 3 aromatic rings. The lowest BCUT2D eigenvalue weighted by Gasteiger charge is -2.08. The van der Waals surface area contributed by atoms with Crippen LogP contribution in [-0.2, 0) is 0 Å². The van der Waals surface area contributed by atoms with Crippen molar-refractivity contribution in [2.75, 3.05) is 0 Å². The first-order valence-corrected chi connectivity index (χ1v) is 7.80. The van der Waals surface area contributed by atoms with Gasteiger partial charge in [-0.2, -0.15) is 0 Å². The SMILES string of the molecule is Cc1nnc(Sc2ccc(/C(N)=N/O)c3ccccc23)s1. The van der Waals surface area contributed by atoms with Crippen LogP contribution in [0.5, 0.6) is 0 Å². The minimum absolute atomic E-state index is 0.106. The number of hydrogen-bond acceptors (Lipinski definition) is 6. The molecule has 2 aromatic carbocycles. The first-order chi connectivity index (χ1) is 10.2. The van der Waals surface area contributed by atoms with Crippen LogP contribution in [0.15, 0.2) is 50.8 Å². The third kappa shape index (κ3) is 2.70. The van der Waals surface area contributed by atoms with Crippen LogP contribution in [0.3, 0.4) is 0 Å². The Hall–Kier alpha value is -2.12. The highest BCUT2D eigenvalue weighted by Gasteiger charge is 2.11. The van der Waals surface area contributed by atoms with Crippen molar-refractivity contribution in [1.82, 2.24) is 10.2 Å². The highest BCUT2D eigenvalue weighted by atomic mass is 32.2. The van der Waals surface area contributed by atoms with Crippen molar-refractivity contribution in [1.29, 1.82) is 0 Å². The fraction of sp³-hybridized carbons (Fsp3) is 0.0714. The average Bonchev–Trinajstić information content (AvgIpc) is 2.92. The zero-order valence-corrected chi connectivity index (χ0v) is 12.8. The summed E-state index contributed by atoms with van der Waals surface area (Å²) >= 11 is 3.13. The monoisotopic (exact) mass is 316 g/mol. The van der Waals surface area contributed by atoms with Crippen LogP contribution in [0.4, 0.5) is 0 Å². The molecule has 3 rings (SSSR count). The van der Waals surface area contributed by atoms with E-state index in [4.69, 9.17) is 10.9 Å². The van der Waals surface area contributed by atoms with Gasteiger partial charge in [0.1, 0.15) is 5.01 Å². The molecule has 0 bridgehead atoms. The van der Waals surface area contributed by atoms with E-state index in [1.807, 2.05) is 43.3 Å². The van der Waals surface area contributed by atoms with Crippen LogP contribution >= 0.6 is 23.1 Å². The van der Waals surface area contributed by atoms with Crippen molar-refractivity contribution < 1.29 is 5.21 Å². The summed E-state index contributed by atoms with van der Waals surface area (Å²) in [5, 5.41) is 23.1. The highest BCUT2D eigenvalue weighted by Crippen LogP contribution is 2.36. The Morgan fingerprint density at radius 3 is 2.62 bits per heavy atom. The van der Waals surface area contributed by atoms with E-state index < -0.39 is 0 Å². The average molecular weight is 316 g/mol. The second-order valence-corrected chi connectivity index (χ2v) is 6.80. The van der Waals surface area contributed by atoms with Gasteiger partial charge in [0, 0.05) is 10.5 Å². The molecular formula is C14H12N4OS2. The number of fused-ring (bicyclic) bond motifs is 1. The fourth-order valence-corrected chi connectivity index (χ4v) is 3.96. The second kappa shape index (κ2) is 5.71. The minimum Gasteiger partial charge on any atom is -0.409 e. The largest absolute Gasteiger partial charge is 0.409 e. The zero-order valence-electron chi connectivity index (χ0n) is 11.1. The molecule has 0 saturated heterocycles. The van der Waals surface area contributed by atoms with Crippen molar-refractivity contribution in [2.45, 2.75) is 16.2 Å². The number of aryl methyl sites for hydroxylation is 1. The maximum Gasteiger partial charge on any atom is 0.179 e. The van der Waals surface area contributed by atoms with E-state index in [1.165, 1.54) is 0 Å². The van der Waals surface area contributed by atoms with Gasteiger partial charge in [-0.3, -0.25) is 0 Å². The summed E-state index contributed by atoms with van der Waals surface area (Å²) in [7, 11) is 0. The molecule has 0 aliphatic heterocycles. The van der Waals surface area contributed by atoms with Gasteiger partial charge in [0.25, 0.3) is 0 Å².